The fraction of sp³-hybridized carbons (Fsp3) is 0.438. The molecular formula is C16H23NO2. The standard InChI is InChI=1S/C16H23NO2/c1-4-5-6-11-19-15-9-7-14(8-10-15)17-16(18)12-13(2)3/h7-10,12H,4-6,11H2,1-3H3,(H,17,18). The first-order valence-electron chi connectivity index (χ1n) is 6.80. The smallest absolute Gasteiger partial charge is 0.248 e. The van der Waals surface area contributed by atoms with E-state index in [4.69, 9.17) is 4.74 Å². The van der Waals surface area contributed by atoms with Gasteiger partial charge in [-0.15, -0.1) is 0 Å². The number of rotatable bonds is 7. The fourth-order valence-corrected chi connectivity index (χ4v) is 1.62. The van der Waals surface area contributed by atoms with E-state index >= 15 is 0 Å². The summed E-state index contributed by atoms with van der Waals surface area (Å²) in [6.45, 7) is 6.71. The van der Waals surface area contributed by atoms with E-state index in [1.807, 2.05) is 38.1 Å². The van der Waals surface area contributed by atoms with Crippen molar-refractivity contribution < 1.29 is 9.53 Å². The summed E-state index contributed by atoms with van der Waals surface area (Å²) < 4.78 is 5.61. The Morgan fingerprint density at radius 2 is 1.89 bits per heavy atom. The molecule has 0 aromatic heterocycles. The van der Waals surface area contributed by atoms with Crippen molar-refractivity contribution in [3.05, 3.63) is 35.9 Å². The number of allylic oxidation sites excluding steroid dienone is 1. The molecule has 1 aromatic carbocycles. The summed E-state index contributed by atoms with van der Waals surface area (Å²) in [5, 5.41) is 2.81. The fourth-order valence-electron chi connectivity index (χ4n) is 1.62. The maximum absolute atomic E-state index is 11.5. The lowest BCUT2D eigenvalue weighted by atomic mass is 10.2. The number of hydrogen-bond donors (Lipinski definition) is 1. The highest BCUT2D eigenvalue weighted by Gasteiger charge is 1.99. The Bertz CT molecular complexity index is 417. The van der Waals surface area contributed by atoms with Crippen molar-refractivity contribution in [2.45, 2.75) is 40.0 Å². The Labute approximate surface area is 115 Å². The molecule has 1 amide bonds. The maximum atomic E-state index is 11.5. The van der Waals surface area contributed by atoms with Crippen molar-refractivity contribution in [2.24, 2.45) is 0 Å². The molecule has 0 unspecified atom stereocenters. The van der Waals surface area contributed by atoms with Gasteiger partial charge < -0.3 is 10.1 Å². The Morgan fingerprint density at radius 3 is 2.47 bits per heavy atom. The minimum absolute atomic E-state index is 0.100. The van der Waals surface area contributed by atoms with Gasteiger partial charge in [-0.05, 0) is 44.5 Å². The van der Waals surface area contributed by atoms with Gasteiger partial charge in [0.1, 0.15) is 5.75 Å². The van der Waals surface area contributed by atoms with E-state index in [-0.39, 0.29) is 5.91 Å². The van der Waals surface area contributed by atoms with Crippen LogP contribution in [-0.2, 0) is 4.79 Å². The first-order chi connectivity index (χ1) is 9.11. The van der Waals surface area contributed by atoms with E-state index in [0.717, 1.165) is 30.0 Å². The number of hydrogen-bond acceptors (Lipinski definition) is 2. The van der Waals surface area contributed by atoms with Crippen molar-refractivity contribution in [3.8, 4) is 5.75 Å². The van der Waals surface area contributed by atoms with Gasteiger partial charge >= 0.3 is 0 Å². The van der Waals surface area contributed by atoms with Crippen LogP contribution in [0, 0.1) is 0 Å². The molecule has 0 saturated heterocycles. The zero-order valence-corrected chi connectivity index (χ0v) is 12.0. The minimum Gasteiger partial charge on any atom is -0.494 e. The summed E-state index contributed by atoms with van der Waals surface area (Å²) in [6, 6.07) is 7.46. The van der Waals surface area contributed by atoms with Crippen LogP contribution in [0.4, 0.5) is 5.69 Å². The molecule has 0 spiro atoms. The molecule has 1 aromatic rings. The topological polar surface area (TPSA) is 38.3 Å². The third-order valence-electron chi connectivity index (χ3n) is 2.56. The second-order valence-electron chi connectivity index (χ2n) is 4.79. The molecule has 1 N–H and O–H groups in total. The molecule has 0 bridgehead atoms. The van der Waals surface area contributed by atoms with E-state index < -0.39 is 0 Å². The highest BCUT2D eigenvalue weighted by atomic mass is 16.5. The van der Waals surface area contributed by atoms with Crippen molar-refractivity contribution >= 4 is 11.6 Å². The number of benzene rings is 1. The number of amides is 1. The van der Waals surface area contributed by atoms with Gasteiger partial charge in [0.15, 0.2) is 0 Å². The van der Waals surface area contributed by atoms with Gasteiger partial charge in [0, 0.05) is 11.8 Å². The lowest BCUT2D eigenvalue weighted by molar-refractivity contribution is -0.111. The van der Waals surface area contributed by atoms with Gasteiger partial charge in [0.25, 0.3) is 0 Å². The van der Waals surface area contributed by atoms with E-state index in [1.165, 1.54) is 12.8 Å². The first-order valence-corrected chi connectivity index (χ1v) is 6.80. The molecule has 3 heteroatoms. The van der Waals surface area contributed by atoms with Crippen LogP contribution in [0.3, 0.4) is 0 Å². The molecule has 19 heavy (non-hydrogen) atoms. The molecule has 104 valence electrons. The van der Waals surface area contributed by atoms with E-state index in [1.54, 1.807) is 6.08 Å². The molecular weight excluding hydrogens is 238 g/mol. The van der Waals surface area contributed by atoms with Crippen LogP contribution < -0.4 is 10.1 Å². The zero-order valence-electron chi connectivity index (χ0n) is 12.0. The van der Waals surface area contributed by atoms with Crippen LogP contribution in [0.5, 0.6) is 5.75 Å². The number of ether oxygens (including phenoxy) is 1. The SMILES string of the molecule is CCCCCOc1ccc(NC(=O)C=C(C)C)cc1. The van der Waals surface area contributed by atoms with Crippen LogP contribution in [0.25, 0.3) is 0 Å². The van der Waals surface area contributed by atoms with E-state index in [0.29, 0.717) is 0 Å². The molecule has 0 aliphatic heterocycles. The normalized spacial score (nSPS) is 9.84. The Kier molecular flexibility index (Phi) is 6.72. The first kappa shape index (κ1) is 15.3. The monoisotopic (exact) mass is 261 g/mol. The predicted molar refractivity (Wildman–Crippen MR) is 79.5 cm³/mol. The van der Waals surface area contributed by atoms with Crippen LogP contribution in [0.2, 0.25) is 0 Å². The van der Waals surface area contributed by atoms with Gasteiger partial charge in [-0.1, -0.05) is 25.3 Å². The van der Waals surface area contributed by atoms with E-state index in [2.05, 4.69) is 12.2 Å². The van der Waals surface area contributed by atoms with Crippen molar-refractivity contribution in [1.29, 1.82) is 0 Å². The van der Waals surface area contributed by atoms with Gasteiger partial charge in [-0.25, -0.2) is 0 Å². The highest BCUT2D eigenvalue weighted by Crippen LogP contribution is 2.16. The number of carbonyl (C=O) groups is 1. The largest absolute Gasteiger partial charge is 0.494 e. The average molecular weight is 261 g/mol. The Morgan fingerprint density at radius 1 is 1.21 bits per heavy atom. The zero-order chi connectivity index (χ0) is 14.1. The van der Waals surface area contributed by atoms with Crippen LogP contribution in [-0.4, -0.2) is 12.5 Å². The third-order valence-corrected chi connectivity index (χ3v) is 2.56. The van der Waals surface area contributed by atoms with Gasteiger partial charge in [-0.2, -0.15) is 0 Å². The number of unbranched alkanes of at least 4 members (excludes halogenated alkanes) is 2. The molecule has 3 nitrogen and oxygen atoms in total. The molecule has 0 aliphatic carbocycles. The summed E-state index contributed by atoms with van der Waals surface area (Å²) >= 11 is 0. The Balaban J connectivity index is 2.43. The molecule has 0 fully saturated rings. The third kappa shape index (κ3) is 6.65. The summed E-state index contributed by atoms with van der Waals surface area (Å²) in [7, 11) is 0. The minimum atomic E-state index is -0.100. The molecule has 1 rings (SSSR count). The summed E-state index contributed by atoms with van der Waals surface area (Å²) in [5.74, 6) is 0.743. The summed E-state index contributed by atoms with van der Waals surface area (Å²) in [4.78, 5) is 11.5. The Hall–Kier alpha value is -1.77. The van der Waals surface area contributed by atoms with Crippen LogP contribution in [0.1, 0.15) is 40.0 Å². The molecule has 0 atom stereocenters. The van der Waals surface area contributed by atoms with Gasteiger partial charge in [-0.3, -0.25) is 4.79 Å². The van der Waals surface area contributed by atoms with Crippen molar-refractivity contribution in [2.75, 3.05) is 11.9 Å². The second-order valence-corrected chi connectivity index (χ2v) is 4.79. The molecule has 0 radical (unpaired) electrons. The number of anilines is 1. The lowest BCUT2D eigenvalue weighted by Crippen LogP contribution is -2.08. The number of carbonyl (C=O) groups excluding carboxylic acids is 1. The predicted octanol–water partition coefficient (Wildman–Crippen LogP) is 4.16. The average Bonchev–Trinajstić information content (AvgIpc) is 2.35. The lowest BCUT2D eigenvalue weighted by Gasteiger charge is -2.07. The summed E-state index contributed by atoms with van der Waals surface area (Å²) in [5.41, 5.74) is 1.76. The highest BCUT2D eigenvalue weighted by molar-refractivity contribution is 5.99. The van der Waals surface area contributed by atoms with E-state index in [9.17, 15) is 4.79 Å². The van der Waals surface area contributed by atoms with Crippen molar-refractivity contribution in [1.82, 2.24) is 0 Å². The molecule has 0 saturated carbocycles. The second kappa shape index (κ2) is 8.35. The number of nitrogens with one attached hydrogen (secondary N) is 1. The molecule has 0 aliphatic rings. The van der Waals surface area contributed by atoms with Crippen molar-refractivity contribution in [3.63, 3.8) is 0 Å². The molecule has 0 heterocycles. The summed E-state index contributed by atoms with van der Waals surface area (Å²) in [6.07, 6.45) is 5.04. The van der Waals surface area contributed by atoms with Crippen LogP contribution in [0.15, 0.2) is 35.9 Å². The maximum Gasteiger partial charge on any atom is 0.248 e. The van der Waals surface area contributed by atoms with Gasteiger partial charge in [0.2, 0.25) is 5.91 Å². The quantitative estimate of drug-likeness (QED) is 0.591. The van der Waals surface area contributed by atoms with Gasteiger partial charge in [0.05, 0.1) is 6.61 Å². The van der Waals surface area contributed by atoms with Crippen LogP contribution >= 0.6 is 0 Å².